The van der Waals surface area contributed by atoms with E-state index in [-0.39, 0.29) is 11.5 Å². The number of carbonyl (C=O) groups is 2. The van der Waals surface area contributed by atoms with Gasteiger partial charge < -0.3 is 14.6 Å². The van der Waals surface area contributed by atoms with Gasteiger partial charge in [-0.2, -0.15) is 0 Å². The van der Waals surface area contributed by atoms with Crippen LogP contribution in [0.5, 0.6) is 11.5 Å². The number of halogens is 1. The normalized spacial score (nSPS) is 16.4. The summed E-state index contributed by atoms with van der Waals surface area (Å²) >= 11 is 4.74. The number of amidine groups is 1. The maximum Gasteiger partial charge on any atom is 0.335 e. The van der Waals surface area contributed by atoms with Gasteiger partial charge in [-0.05, 0) is 60.7 Å². The number of carboxylic acids is 1. The molecule has 7 nitrogen and oxygen atoms in total. The van der Waals surface area contributed by atoms with Gasteiger partial charge in [0.1, 0.15) is 0 Å². The van der Waals surface area contributed by atoms with Crippen molar-refractivity contribution in [3.63, 3.8) is 0 Å². The first-order chi connectivity index (χ1) is 14.4. The fourth-order valence-corrected chi connectivity index (χ4v) is 4.30. The first kappa shape index (κ1) is 21.9. The highest BCUT2D eigenvalue weighted by Crippen LogP contribution is 2.38. The number of carbonyl (C=O) groups excluding carboxylic acids is 1. The molecule has 0 aromatic heterocycles. The van der Waals surface area contributed by atoms with E-state index in [1.54, 1.807) is 49.5 Å². The van der Waals surface area contributed by atoms with Gasteiger partial charge in [0.15, 0.2) is 16.7 Å². The third-order valence-corrected chi connectivity index (χ3v) is 6.01. The predicted molar refractivity (Wildman–Crippen MR) is 121 cm³/mol. The molecule has 1 aliphatic rings. The van der Waals surface area contributed by atoms with Crippen molar-refractivity contribution in [2.75, 3.05) is 20.8 Å². The number of hydrogen-bond donors (Lipinski definition) is 1. The summed E-state index contributed by atoms with van der Waals surface area (Å²) in [6.45, 7) is 2.30. The first-order valence-corrected chi connectivity index (χ1v) is 10.5. The van der Waals surface area contributed by atoms with Crippen LogP contribution in [-0.4, -0.2) is 47.8 Å². The number of nitrogens with zero attached hydrogens (tertiary/aromatic N) is 2. The van der Waals surface area contributed by atoms with Crippen molar-refractivity contribution in [3.05, 3.63) is 56.9 Å². The molecule has 1 aliphatic heterocycles. The zero-order chi connectivity index (χ0) is 21.8. The van der Waals surface area contributed by atoms with Crippen molar-refractivity contribution < 1.29 is 24.2 Å². The highest BCUT2D eigenvalue weighted by molar-refractivity contribution is 9.10. The summed E-state index contributed by atoms with van der Waals surface area (Å²) in [5, 5.41) is 9.67. The number of carboxylic acid groups (broad SMARTS) is 1. The minimum Gasteiger partial charge on any atom is -0.493 e. The SMILES string of the molecule is CCN1C(=O)/C(=C/c2cc(OC)c(OC)cc2Br)SC1=Nc1cccc(C(=O)O)c1. The number of aliphatic imine (C=N–C) groups is 1. The second-order valence-electron chi connectivity index (χ2n) is 6.14. The zero-order valence-corrected chi connectivity index (χ0v) is 18.9. The van der Waals surface area contributed by atoms with E-state index in [4.69, 9.17) is 9.47 Å². The van der Waals surface area contributed by atoms with Crippen LogP contribution in [0, 0.1) is 0 Å². The Bertz CT molecular complexity index is 1070. The van der Waals surface area contributed by atoms with E-state index in [9.17, 15) is 14.7 Å². The van der Waals surface area contributed by atoms with Gasteiger partial charge in [-0.25, -0.2) is 9.79 Å². The maximum atomic E-state index is 12.9. The Kier molecular flexibility index (Phi) is 6.84. The van der Waals surface area contributed by atoms with E-state index in [0.717, 1.165) is 10.0 Å². The van der Waals surface area contributed by atoms with Gasteiger partial charge in [-0.15, -0.1) is 0 Å². The molecule has 1 heterocycles. The average molecular weight is 491 g/mol. The lowest BCUT2D eigenvalue weighted by atomic mass is 10.2. The number of benzene rings is 2. The number of likely N-dealkylation sites (N-methyl/N-ethyl adjacent to an activating group) is 1. The van der Waals surface area contributed by atoms with Gasteiger partial charge in [0, 0.05) is 11.0 Å². The number of amides is 1. The Morgan fingerprint density at radius 2 is 1.93 bits per heavy atom. The zero-order valence-electron chi connectivity index (χ0n) is 16.5. The number of rotatable bonds is 6. The number of thioether (sulfide) groups is 1. The Labute approximate surface area is 186 Å². The topological polar surface area (TPSA) is 88.4 Å². The quantitative estimate of drug-likeness (QED) is 0.585. The van der Waals surface area contributed by atoms with E-state index in [2.05, 4.69) is 20.9 Å². The van der Waals surface area contributed by atoms with Crippen molar-refractivity contribution >= 4 is 56.5 Å². The van der Waals surface area contributed by atoms with Gasteiger partial charge in [-0.3, -0.25) is 9.69 Å². The van der Waals surface area contributed by atoms with Gasteiger partial charge in [0.2, 0.25) is 0 Å². The smallest absolute Gasteiger partial charge is 0.335 e. The molecule has 2 aromatic rings. The lowest BCUT2D eigenvalue weighted by Gasteiger charge is -2.12. The van der Waals surface area contributed by atoms with Crippen LogP contribution in [0.25, 0.3) is 6.08 Å². The molecule has 0 bridgehead atoms. The standard InChI is InChI=1S/C21H19BrN2O5S/c1-4-24-19(25)18(10-13-9-16(28-2)17(29-3)11-15(13)22)30-21(24)23-14-7-5-6-12(8-14)20(26)27/h5-11H,4H2,1-3H3,(H,26,27)/b18-10-,23-21?. The minimum atomic E-state index is -1.03. The van der Waals surface area contributed by atoms with Crippen molar-refractivity contribution in [1.29, 1.82) is 0 Å². The molecule has 30 heavy (non-hydrogen) atoms. The average Bonchev–Trinajstić information content (AvgIpc) is 3.03. The van der Waals surface area contributed by atoms with E-state index in [1.807, 2.05) is 6.92 Å². The molecule has 156 valence electrons. The van der Waals surface area contributed by atoms with Crippen molar-refractivity contribution in [1.82, 2.24) is 4.90 Å². The molecule has 1 amide bonds. The molecule has 3 rings (SSSR count). The second kappa shape index (κ2) is 9.36. The van der Waals surface area contributed by atoms with Crippen LogP contribution in [-0.2, 0) is 4.79 Å². The van der Waals surface area contributed by atoms with E-state index in [1.165, 1.54) is 23.9 Å². The van der Waals surface area contributed by atoms with Crippen LogP contribution < -0.4 is 9.47 Å². The molecule has 0 atom stereocenters. The Hall–Kier alpha value is -2.78. The summed E-state index contributed by atoms with van der Waals surface area (Å²) in [5.74, 6) is -0.0712. The largest absolute Gasteiger partial charge is 0.493 e. The highest BCUT2D eigenvalue weighted by atomic mass is 79.9. The number of hydrogen-bond acceptors (Lipinski definition) is 6. The molecule has 2 aromatic carbocycles. The summed E-state index contributed by atoms with van der Waals surface area (Å²) in [5.41, 5.74) is 1.37. The Balaban J connectivity index is 1.98. The van der Waals surface area contributed by atoms with Crippen LogP contribution in [0.1, 0.15) is 22.8 Å². The first-order valence-electron chi connectivity index (χ1n) is 8.93. The second-order valence-corrected chi connectivity index (χ2v) is 8.00. The fraction of sp³-hybridized carbons (Fsp3) is 0.190. The Morgan fingerprint density at radius 3 is 2.57 bits per heavy atom. The van der Waals surface area contributed by atoms with E-state index in [0.29, 0.717) is 33.8 Å². The van der Waals surface area contributed by atoms with E-state index < -0.39 is 5.97 Å². The summed E-state index contributed by atoms with van der Waals surface area (Å²) in [6, 6.07) is 9.85. The fourth-order valence-electron chi connectivity index (χ4n) is 2.81. The van der Waals surface area contributed by atoms with Crippen LogP contribution in [0.2, 0.25) is 0 Å². The molecular formula is C21H19BrN2O5S. The molecule has 0 saturated carbocycles. The monoisotopic (exact) mass is 490 g/mol. The summed E-state index contributed by atoms with van der Waals surface area (Å²) in [6.07, 6.45) is 1.76. The third-order valence-electron chi connectivity index (χ3n) is 4.31. The van der Waals surface area contributed by atoms with Gasteiger partial charge in [0.05, 0.1) is 30.4 Å². The highest BCUT2D eigenvalue weighted by Gasteiger charge is 2.32. The summed E-state index contributed by atoms with van der Waals surface area (Å²) in [4.78, 5) is 30.6. The molecule has 1 N–H and O–H groups in total. The minimum absolute atomic E-state index is 0.138. The van der Waals surface area contributed by atoms with Gasteiger partial charge >= 0.3 is 5.97 Å². The van der Waals surface area contributed by atoms with Crippen molar-refractivity contribution in [3.8, 4) is 11.5 Å². The lowest BCUT2D eigenvalue weighted by molar-refractivity contribution is -0.122. The van der Waals surface area contributed by atoms with Crippen LogP contribution in [0.4, 0.5) is 5.69 Å². The number of methoxy groups -OCH3 is 2. The van der Waals surface area contributed by atoms with Crippen LogP contribution in [0.15, 0.2) is 50.8 Å². The molecule has 1 saturated heterocycles. The maximum absolute atomic E-state index is 12.9. The van der Waals surface area contributed by atoms with Crippen LogP contribution in [0.3, 0.4) is 0 Å². The summed E-state index contributed by atoms with van der Waals surface area (Å²) < 4.78 is 11.4. The molecule has 0 aliphatic carbocycles. The Morgan fingerprint density at radius 1 is 1.23 bits per heavy atom. The molecule has 1 fully saturated rings. The van der Waals surface area contributed by atoms with Crippen molar-refractivity contribution in [2.45, 2.75) is 6.92 Å². The molecular weight excluding hydrogens is 472 g/mol. The van der Waals surface area contributed by atoms with Crippen molar-refractivity contribution in [2.24, 2.45) is 4.99 Å². The predicted octanol–water partition coefficient (Wildman–Crippen LogP) is 4.79. The van der Waals surface area contributed by atoms with Gasteiger partial charge in [0.25, 0.3) is 5.91 Å². The number of aromatic carboxylic acids is 1. The third kappa shape index (κ3) is 4.52. The molecule has 9 heteroatoms. The molecule has 0 radical (unpaired) electrons. The molecule has 0 spiro atoms. The number of ether oxygens (including phenoxy) is 2. The van der Waals surface area contributed by atoms with Gasteiger partial charge in [-0.1, -0.05) is 22.0 Å². The molecule has 0 unspecified atom stereocenters. The van der Waals surface area contributed by atoms with Crippen LogP contribution >= 0.6 is 27.7 Å². The van der Waals surface area contributed by atoms with E-state index >= 15 is 0 Å². The lowest BCUT2D eigenvalue weighted by Crippen LogP contribution is -2.28. The summed E-state index contributed by atoms with van der Waals surface area (Å²) in [7, 11) is 3.10.